The maximum atomic E-state index is 12.3. The summed E-state index contributed by atoms with van der Waals surface area (Å²) in [4.78, 5) is 0. The van der Waals surface area contributed by atoms with Crippen LogP contribution in [0.15, 0.2) is 18.2 Å². The van der Waals surface area contributed by atoms with Gasteiger partial charge in [-0.3, -0.25) is 0 Å². The molecule has 0 spiro atoms. The predicted molar refractivity (Wildman–Crippen MR) is 51.8 cm³/mol. The number of hydrogen-bond acceptors (Lipinski definition) is 1. The van der Waals surface area contributed by atoms with Crippen molar-refractivity contribution >= 4 is 0 Å². The van der Waals surface area contributed by atoms with Crippen molar-refractivity contribution in [1.29, 1.82) is 0 Å². The fraction of sp³-hybridized carbons (Fsp3) is 0.455. The Morgan fingerprint density at radius 2 is 1.93 bits per heavy atom. The molecular weight excluding hydrogens is 205 g/mol. The molecule has 1 aromatic rings. The molecule has 0 heterocycles. The minimum absolute atomic E-state index is 0.0623. The average molecular weight is 218 g/mol. The lowest BCUT2D eigenvalue weighted by atomic mass is 9.96. The van der Waals surface area contributed by atoms with Gasteiger partial charge >= 0.3 is 6.18 Å². The molecule has 1 N–H and O–H groups in total. The van der Waals surface area contributed by atoms with Gasteiger partial charge in [0.15, 0.2) is 0 Å². The lowest BCUT2D eigenvalue weighted by Crippen LogP contribution is -2.05. The van der Waals surface area contributed by atoms with Crippen molar-refractivity contribution in [2.24, 2.45) is 0 Å². The summed E-state index contributed by atoms with van der Waals surface area (Å²) in [6, 6.07) is 3.12. The molecule has 0 aliphatic carbocycles. The Morgan fingerprint density at radius 3 is 2.33 bits per heavy atom. The number of benzene rings is 1. The van der Waals surface area contributed by atoms with Crippen LogP contribution >= 0.6 is 0 Å². The number of rotatable bonds is 2. The Bertz CT molecular complexity index is 344. The van der Waals surface area contributed by atoms with E-state index in [-0.39, 0.29) is 11.7 Å². The van der Waals surface area contributed by atoms with Crippen molar-refractivity contribution in [3.63, 3.8) is 0 Å². The molecule has 0 saturated carbocycles. The van der Waals surface area contributed by atoms with E-state index in [0.29, 0.717) is 5.56 Å². The zero-order chi connectivity index (χ0) is 11.6. The fourth-order valence-electron chi connectivity index (χ4n) is 1.36. The smallest absolute Gasteiger partial charge is 0.416 e. The molecule has 0 aliphatic heterocycles. The highest BCUT2D eigenvalue weighted by atomic mass is 19.4. The van der Waals surface area contributed by atoms with Crippen LogP contribution in [0.25, 0.3) is 0 Å². The molecule has 84 valence electrons. The number of aromatic hydroxyl groups is 1. The summed E-state index contributed by atoms with van der Waals surface area (Å²) in [5.41, 5.74) is -0.252. The monoisotopic (exact) mass is 218 g/mol. The van der Waals surface area contributed by atoms with E-state index in [1.165, 1.54) is 6.07 Å². The van der Waals surface area contributed by atoms with Crippen LogP contribution < -0.4 is 0 Å². The summed E-state index contributed by atoms with van der Waals surface area (Å²) >= 11 is 0. The SMILES string of the molecule is CCC(C)c1ccc(C(F)(F)F)cc1O. The number of phenols is 1. The topological polar surface area (TPSA) is 20.2 Å². The van der Waals surface area contributed by atoms with E-state index in [0.717, 1.165) is 18.6 Å². The Balaban J connectivity index is 3.09. The van der Waals surface area contributed by atoms with E-state index in [1.807, 2.05) is 13.8 Å². The summed E-state index contributed by atoms with van der Waals surface area (Å²) < 4.78 is 36.8. The third-order valence-electron chi connectivity index (χ3n) is 2.50. The highest BCUT2D eigenvalue weighted by Crippen LogP contribution is 2.35. The van der Waals surface area contributed by atoms with E-state index in [2.05, 4.69) is 0 Å². The Morgan fingerprint density at radius 1 is 1.33 bits per heavy atom. The zero-order valence-corrected chi connectivity index (χ0v) is 8.60. The zero-order valence-electron chi connectivity index (χ0n) is 8.60. The molecule has 0 aliphatic rings. The van der Waals surface area contributed by atoms with Gasteiger partial charge in [0.05, 0.1) is 5.56 Å². The lowest BCUT2D eigenvalue weighted by molar-refractivity contribution is -0.137. The Kier molecular flexibility index (Phi) is 3.27. The lowest BCUT2D eigenvalue weighted by Gasteiger charge is -2.13. The van der Waals surface area contributed by atoms with Gasteiger partial charge in [-0.1, -0.05) is 19.9 Å². The highest BCUT2D eigenvalue weighted by Gasteiger charge is 2.31. The minimum Gasteiger partial charge on any atom is -0.508 e. The van der Waals surface area contributed by atoms with Crippen molar-refractivity contribution in [3.05, 3.63) is 29.3 Å². The van der Waals surface area contributed by atoms with Crippen LogP contribution in [0.2, 0.25) is 0 Å². The molecule has 4 heteroatoms. The van der Waals surface area contributed by atoms with Gasteiger partial charge in [0.25, 0.3) is 0 Å². The summed E-state index contributed by atoms with van der Waals surface area (Å²) in [5.74, 6) is -0.216. The van der Waals surface area contributed by atoms with Gasteiger partial charge in [-0.25, -0.2) is 0 Å². The molecule has 1 rings (SSSR count). The van der Waals surface area contributed by atoms with Crippen LogP contribution in [-0.2, 0) is 6.18 Å². The summed E-state index contributed by atoms with van der Waals surface area (Å²) in [6.45, 7) is 3.78. The van der Waals surface area contributed by atoms with Crippen molar-refractivity contribution in [2.45, 2.75) is 32.4 Å². The molecule has 15 heavy (non-hydrogen) atoms. The van der Waals surface area contributed by atoms with Crippen LogP contribution in [0, 0.1) is 0 Å². The molecule has 1 unspecified atom stereocenters. The number of halogens is 3. The summed E-state index contributed by atoms with van der Waals surface area (Å²) in [7, 11) is 0. The molecule has 0 amide bonds. The second-order valence-electron chi connectivity index (χ2n) is 3.58. The van der Waals surface area contributed by atoms with Crippen molar-refractivity contribution in [2.75, 3.05) is 0 Å². The molecule has 1 aromatic carbocycles. The van der Waals surface area contributed by atoms with Crippen molar-refractivity contribution < 1.29 is 18.3 Å². The molecule has 1 atom stereocenters. The minimum atomic E-state index is -4.40. The first kappa shape index (κ1) is 11.9. The standard InChI is InChI=1S/C11H13F3O/c1-3-7(2)9-5-4-8(6-10(9)15)11(12,13)14/h4-7,15H,3H2,1-2H3. The van der Waals surface area contributed by atoms with E-state index >= 15 is 0 Å². The highest BCUT2D eigenvalue weighted by molar-refractivity contribution is 5.39. The first-order valence-electron chi connectivity index (χ1n) is 4.76. The second kappa shape index (κ2) is 4.13. The first-order valence-corrected chi connectivity index (χ1v) is 4.76. The molecule has 0 bridgehead atoms. The van der Waals surface area contributed by atoms with Gasteiger partial charge < -0.3 is 5.11 Å². The van der Waals surface area contributed by atoms with Gasteiger partial charge in [0, 0.05) is 0 Å². The average Bonchev–Trinajstić information content (AvgIpc) is 2.15. The Hall–Kier alpha value is -1.19. The van der Waals surface area contributed by atoms with Gasteiger partial charge in [-0.2, -0.15) is 13.2 Å². The van der Waals surface area contributed by atoms with E-state index in [4.69, 9.17) is 0 Å². The van der Waals surface area contributed by atoms with Gasteiger partial charge in [0.2, 0.25) is 0 Å². The quantitative estimate of drug-likeness (QED) is 0.797. The third kappa shape index (κ3) is 2.64. The second-order valence-corrected chi connectivity index (χ2v) is 3.58. The van der Waals surface area contributed by atoms with Crippen LogP contribution in [0.5, 0.6) is 5.75 Å². The normalized spacial score (nSPS) is 13.9. The van der Waals surface area contributed by atoms with E-state index in [9.17, 15) is 18.3 Å². The van der Waals surface area contributed by atoms with Crippen LogP contribution in [0.1, 0.15) is 37.3 Å². The van der Waals surface area contributed by atoms with Crippen LogP contribution in [-0.4, -0.2) is 5.11 Å². The maximum Gasteiger partial charge on any atom is 0.416 e. The van der Waals surface area contributed by atoms with Crippen LogP contribution in [0.4, 0.5) is 13.2 Å². The summed E-state index contributed by atoms with van der Waals surface area (Å²) in [6.07, 6.45) is -3.62. The molecule has 0 aromatic heterocycles. The molecule has 0 fully saturated rings. The first-order chi connectivity index (χ1) is 6.86. The molecule has 0 saturated heterocycles. The Labute approximate surface area is 86.5 Å². The molecule has 1 nitrogen and oxygen atoms in total. The molecular formula is C11H13F3O. The van der Waals surface area contributed by atoms with Gasteiger partial charge in [0.1, 0.15) is 5.75 Å². The predicted octanol–water partition coefficient (Wildman–Crippen LogP) is 3.92. The summed E-state index contributed by atoms with van der Waals surface area (Å²) in [5, 5.41) is 9.46. The maximum absolute atomic E-state index is 12.3. The van der Waals surface area contributed by atoms with Crippen molar-refractivity contribution in [3.8, 4) is 5.75 Å². The van der Waals surface area contributed by atoms with Crippen molar-refractivity contribution in [1.82, 2.24) is 0 Å². The van der Waals surface area contributed by atoms with Gasteiger partial charge in [-0.15, -0.1) is 0 Å². The van der Waals surface area contributed by atoms with E-state index in [1.54, 1.807) is 0 Å². The largest absolute Gasteiger partial charge is 0.508 e. The third-order valence-corrected chi connectivity index (χ3v) is 2.50. The number of hydrogen-bond donors (Lipinski definition) is 1. The van der Waals surface area contributed by atoms with Crippen LogP contribution in [0.3, 0.4) is 0 Å². The number of alkyl halides is 3. The van der Waals surface area contributed by atoms with Gasteiger partial charge in [-0.05, 0) is 30.0 Å². The molecule has 0 radical (unpaired) electrons. The fourth-order valence-corrected chi connectivity index (χ4v) is 1.36. The number of phenolic OH excluding ortho intramolecular Hbond substituents is 1. The van der Waals surface area contributed by atoms with E-state index < -0.39 is 11.7 Å².